The van der Waals surface area contributed by atoms with Gasteiger partial charge in [0.25, 0.3) is 11.9 Å². The number of aromatic nitrogens is 2. The van der Waals surface area contributed by atoms with E-state index in [0.717, 1.165) is 0 Å². The zero-order valence-corrected chi connectivity index (χ0v) is 16.2. The van der Waals surface area contributed by atoms with Crippen LogP contribution in [0, 0.1) is 6.92 Å². The van der Waals surface area contributed by atoms with Gasteiger partial charge in [0.1, 0.15) is 11.6 Å². The van der Waals surface area contributed by atoms with Crippen LogP contribution in [0.1, 0.15) is 12.6 Å². The normalized spacial score (nSPS) is 13.7. The lowest BCUT2D eigenvalue weighted by atomic mass is 10.2. The van der Waals surface area contributed by atoms with Crippen LogP contribution in [-0.2, 0) is 4.79 Å². The van der Waals surface area contributed by atoms with E-state index in [1.54, 1.807) is 38.1 Å². The number of nitrogens with zero attached hydrogens (tertiary/aromatic N) is 4. The Morgan fingerprint density at radius 3 is 2.64 bits per heavy atom. The molecule has 1 aliphatic rings. The fourth-order valence-electron chi connectivity index (χ4n) is 2.44. The molecule has 2 N–H and O–H groups in total. The molecule has 0 bridgehead atoms. The zero-order chi connectivity index (χ0) is 20.4. The Hall–Kier alpha value is -3.46. The van der Waals surface area contributed by atoms with Crippen LogP contribution < -0.4 is 15.4 Å². The third-order valence-electron chi connectivity index (χ3n) is 3.84. The molecule has 3 rings (SSSR count). The summed E-state index contributed by atoms with van der Waals surface area (Å²) in [5.41, 5.74) is 1.64. The van der Waals surface area contributed by atoms with Gasteiger partial charge < -0.3 is 10.1 Å². The van der Waals surface area contributed by atoms with Gasteiger partial charge in [-0.3, -0.25) is 10.1 Å². The van der Waals surface area contributed by atoms with Gasteiger partial charge in [0.15, 0.2) is 0 Å². The third kappa shape index (κ3) is 3.94. The number of anilines is 2. The maximum atomic E-state index is 12.5. The average Bonchev–Trinajstić information content (AvgIpc) is 2.99. The fraction of sp³-hybridized carbons (Fsp3) is 0.167. The van der Waals surface area contributed by atoms with Crippen molar-refractivity contribution >= 4 is 46.7 Å². The molecule has 0 saturated carbocycles. The van der Waals surface area contributed by atoms with Gasteiger partial charge in [-0.2, -0.15) is 14.8 Å². The van der Waals surface area contributed by atoms with Crippen molar-refractivity contribution in [3.63, 3.8) is 0 Å². The second-order valence-corrected chi connectivity index (χ2v) is 6.34. The number of rotatable bonds is 3. The SMILES string of the molecule is C=C1C(=O)N=C(n2nc(C)cc2NC(=O)Nc2cc(Cl)ccc2OC)N=C1C. The number of amides is 3. The highest BCUT2D eigenvalue weighted by molar-refractivity contribution is 6.31. The predicted molar refractivity (Wildman–Crippen MR) is 108 cm³/mol. The van der Waals surface area contributed by atoms with Crippen LogP contribution >= 0.6 is 11.6 Å². The summed E-state index contributed by atoms with van der Waals surface area (Å²) in [6.07, 6.45) is 0. The zero-order valence-electron chi connectivity index (χ0n) is 15.4. The van der Waals surface area contributed by atoms with Crippen LogP contribution in [-0.4, -0.2) is 40.5 Å². The molecule has 0 unspecified atom stereocenters. The van der Waals surface area contributed by atoms with E-state index in [4.69, 9.17) is 16.3 Å². The summed E-state index contributed by atoms with van der Waals surface area (Å²) in [5, 5.41) is 10.0. The lowest BCUT2D eigenvalue weighted by Crippen LogP contribution is -2.27. The molecule has 0 radical (unpaired) electrons. The molecule has 144 valence electrons. The van der Waals surface area contributed by atoms with E-state index in [1.807, 2.05) is 0 Å². The van der Waals surface area contributed by atoms with E-state index in [-0.39, 0.29) is 17.4 Å². The molecule has 0 spiro atoms. The molecule has 2 aromatic rings. The molecule has 9 nitrogen and oxygen atoms in total. The number of carbonyl (C=O) groups is 2. The lowest BCUT2D eigenvalue weighted by molar-refractivity contribution is -0.113. The molecule has 0 fully saturated rings. The van der Waals surface area contributed by atoms with E-state index in [1.165, 1.54) is 11.8 Å². The number of hydrogen-bond acceptors (Lipinski definition) is 5. The molecule has 10 heteroatoms. The smallest absolute Gasteiger partial charge is 0.324 e. The van der Waals surface area contributed by atoms with Crippen LogP contribution in [0.15, 0.2) is 46.4 Å². The Bertz CT molecular complexity index is 1050. The molecule has 0 aliphatic carbocycles. The van der Waals surface area contributed by atoms with Crippen molar-refractivity contribution in [3.05, 3.63) is 47.1 Å². The van der Waals surface area contributed by atoms with Gasteiger partial charge in [-0.05, 0) is 32.0 Å². The minimum absolute atomic E-state index is 0.0404. The number of carbonyl (C=O) groups excluding carboxylic acids is 2. The quantitative estimate of drug-likeness (QED) is 0.770. The first-order valence-corrected chi connectivity index (χ1v) is 8.52. The number of nitrogens with one attached hydrogen (secondary N) is 2. The minimum atomic E-state index is -0.561. The summed E-state index contributed by atoms with van der Waals surface area (Å²) in [6.45, 7) is 7.02. The topological polar surface area (TPSA) is 110 Å². The molecule has 2 heterocycles. The fourth-order valence-corrected chi connectivity index (χ4v) is 2.61. The standard InChI is InChI=1S/C18H17ClN6O3/c1-9-7-15(25(24-9)17-20-11(3)10(2)16(26)23-17)22-18(27)21-13-8-12(19)5-6-14(13)28-4/h5-8H,2H2,1,3-4H3,(H2,21,22,27). The van der Waals surface area contributed by atoms with Crippen molar-refractivity contribution in [2.24, 2.45) is 9.98 Å². The number of hydrogen-bond donors (Lipinski definition) is 2. The highest BCUT2D eigenvalue weighted by Gasteiger charge is 2.21. The Morgan fingerprint density at radius 2 is 1.96 bits per heavy atom. The Morgan fingerprint density at radius 1 is 1.21 bits per heavy atom. The molecule has 1 aromatic carbocycles. The van der Waals surface area contributed by atoms with Crippen LogP contribution in [0.3, 0.4) is 0 Å². The number of urea groups is 1. The molecule has 28 heavy (non-hydrogen) atoms. The highest BCUT2D eigenvalue weighted by Crippen LogP contribution is 2.27. The molecule has 3 amide bonds. The van der Waals surface area contributed by atoms with Gasteiger partial charge in [-0.25, -0.2) is 9.79 Å². The van der Waals surface area contributed by atoms with Gasteiger partial charge >= 0.3 is 6.03 Å². The van der Waals surface area contributed by atoms with Crippen LogP contribution in [0.2, 0.25) is 5.02 Å². The lowest BCUT2D eigenvalue weighted by Gasteiger charge is -2.14. The van der Waals surface area contributed by atoms with E-state index in [2.05, 4.69) is 32.3 Å². The molecular formula is C18H17ClN6O3. The monoisotopic (exact) mass is 400 g/mol. The summed E-state index contributed by atoms with van der Waals surface area (Å²) < 4.78 is 6.48. The Balaban J connectivity index is 1.86. The highest BCUT2D eigenvalue weighted by atomic mass is 35.5. The van der Waals surface area contributed by atoms with Crippen molar-refractivity contribution in [1.29, 1.82) is 0 Å². The van der Waals surface area contributed by atoms with Crippen LogP contribution in [0.25, 0.3) is 0 Å². The maximum absolute atomic E-state index is 12.5. The first-order chi connectivity index (χ1) is 13.3. The largest absolute Gasteiger partial charge is 0.495 e. The minimum Gasteiger partial charge on any atom is -0.495 e. The molecular weight excluding hydrogens is 384 g/mol. The van der Waals surface area contributed by atoms with E-state index in [9.17, 15) is 9.59 Å². The summed E-state index contributed by atoms with van der Waals surface area (Å²) >= 11 is 5.98. The van der Waals surface area contributed by atoms with Gasteiger partial charge in [0.2, 0.25) is 0 Å². The number of aliphatic imine (C=N–C) groups is 2. The Labute approximate surface area is 165 Å². The van der Waals surface area contributed by atoms with Crippen molar-refractivity contribution in [3.8, 4) is 5.75 Å². The number of halogens is 1. The maximum Gasteiger partial charge on any atom is 0.324 e. The molecule has 0 saturated heterocycles. The second-order valence-electron chi connectivity index (χ2n) is 5.90. The Kier molecular flexibility index (Phi) is 5.27. The van der Waals surface area contributed by atoms with Gasteiger partial charge in [-0.1, -0.05) is 18.2 Å². The first kappa shape index (κ1) is 19.3. The van der Waals surface area contributed by atoms with Crippen molar-refractivity contribution in [1.82, 2.24) is 9.78 Å². The molecule has 0 atom stereocenters. The number of methoxy groups -OCH3 is 1. The van der Waals surface area contributed by atoms with Crippen molar-refractivity contribution in [2.45, 2.75) is 13.8 Å². The number of aryl methyl sites for hydroxylation is 1. The summed E-state index contributed by atoms with van der Waals surface area (Å²) in [7, 11) is 1.48. The predicted octanol–water partition coefficient (Wildman–Crippen LogP) is 3.26. The van der Waals surface area contributed by atoms with Gasteiger partial charge in [-0.15, -0.1) is 0 Å². The van der Waals surface area contributed by atoms with Gasteiger partial charge in [0.05, 0.1) is 29.8 Å². The summed E-state index contributed by atoms with van der Waals surface area (Å²) in [6, 6.07) is 5.91. The van der Waals surface area contributed by atoms with Crippen LogP contribution in [0.5, 0.6) is 5.75 Å². The van der Waals surface area contributed by atoms with Gasteiger partial charge in [0, 0.05) is 11.1 Å². The van der Waals surface area contributed by atoms with E-state index >= 15 is 0 Å². The average molecular weight is 401 g/mol. The number of benzene rings is 1. The van der Waals surface area contributed by atoms with Crippen LogP contribution in [0.4, 0.5) is 16.3 Å². The molecule has 1 aromatic heterocycles. The summed E-state index contributed by atoms with van der Waals surface area (Å²) in [4.78, 5) is 32.5. The third-order valence-corrected chi connectivity index (χ3v) is 4.07. The second kappa shape index (κ2) is 7.65. The molecule has 1 aliphatic heterocycles. The van der Waals surface area contributed by atoms with E-state index < -0.39 is 11.9 Å². The van der Waals surface area contributed by atoms with E-state index in [0.29, 0.717) is 27.9 Å². The van der Waals surface area contributed by atoms with Crippen molar-refractivity contribution < 1.29 is 14.3 Å². The summed E-state index contributed by atoms with van der Waals surface area (Å²) in [5.74, 6) is 0.269. The number of ether oxygens (including phenoxy) is 1. The van der Waals surface area contributed by atoms with Crippen molar-refractivity contribution in [2.75, 3.05) is 17.7 Å². The first-order valence-electron chi connectivity index (χ1n) is 8.14.